The highest BCUT2D eigenvalue weighted by Gasteiger charge is 2.18. The van der Waals surface area contributed by atoms with E-state index in [-0.39, 0.29) is 0 Å². The molecule has 3 rings (SSSR count). The van der Waals surface area contributed by atoms with E-state index in [9.17, 15) is 0 Å². The number of ether oxygens (including phenoxy) is 1. The maximum Gasteiger partial charge on any atom is 0.235 e. The summed E-state index contributed by atoms with van der Waals surface area (Å²) in [4.78, 5) is 14.9. The second kappa shape index (κ2) is 6.00. The van der Waals surface area contributed by atoms with Crippen molar-refractivity contribution >= 4 is 17.5 Å². The van der Waals surface area contributed by atoms with Gasteiger partial charge in [-0.2, -0.15) is 0 Å². The van der Waals surface area contributed by atoms with Crippen molar-refractivity contribution in [3.63, 3.8) is 0 Å². The monoisotopic (exact) mass is 278 g/mol. The van der Waals surface area contributed by atoms with E-state index in [1.807, 2.05) is 47.4 Å². The van der Waals surface area contributed by atoms with Crippen molar-refractivity contribution in [1.29, 1.82) is 0 Å². The Morgan fingerprint density at radius 1 is 0.810 bits per heavy atom. The number of anilines is 3. The fraction of sp³-hybridized carbons (Fsp3) is 0.0625. The van der Waals surface area contributed by atoms with Crippen molar-refractivity contribution in [3.8, 4) is 5.75 Å². The standard InChI is InChI=1S/C16H14N4O/c1-21-14-8-3-2-7-13(14)20(15-9-4-5-10-17-15)16-18-11-6-12-19-16/h2-12H,1H3. The summed E-state index contributed by atoms with van der Waals surface area (Å²) in [6, 6.07) is 15.2. The summed E-state index contributed by atoms with van der Waals surface area (Å²) < 4.78 is 5.44. The van der Waals surface area contributed by atoms with Crippen molar-refractivity contribution in [2.24, 2.45) is 0 Å². The van der Waals surface area contributed by atoms with Gasteiger partial charge in [-0.05, 0) is 30.3 Å². The fourth-order valence-electron chi connectivity index (χ4n) is 2.04. The number of rotatable bonds is 4. The van der Waals surface area contributed by atoms with Crippen LogP contribution in [-0.4, -0.2) is 22.1 Å². The third kappa shape index (κ3) is 2.67. The van der Waals surface area contributed by atoms with Gasteiger partial charge in [0.2, 0.25) is 5.95 Å². The number of methoxy groups -OCH3 is 1. The van der Waals surface area contributed by atoms with Crippen LogP contribution in [0.2, 0.25) is 0 Å². The maximum absolute atomic E-state index is 5.44. The van der Waals surface area contributed by atoms with Gasteiger partial charge in [-0.25, -0.2) is 15.0 Å². The second-order valence-corrected chi connectivity index (χ2v) is 4.24. The van der Waals surface area contributed by atoms with E-state index in [1.54, 1.807) is 31.8 Å². The number of pyridine rings is 1. The van der Waals surface area contributed by atoms with Crippen molar-refractivity contribution in [3.05, 3.63) is 67.1 Å². The number of hydrogen-bond donors (Lipinski definition) is 0. The van der Waals surface area contributed by atoms with Gasteiger partial charge >= 0.3 is 0 Å². The van der Waals surface area contributed by atoms with Gasteiger partial charge in [0.25, 0.3) is 0 Å². The van der Waals surface area contributed by atoms with E-state index in [1.165, 1.54) is 0 Å². The molecule has 2 aromatic heterocycles. The number of aromatic nitrogens is 3. The van der Waals surface area contributed by atoms with E-state index < -0.39 is 0 Å². The molecule has 0 bridgehead atoms. The molecule has 5 heteroatoms. The lowest BCUT2D eigenvalue weighted by Crippen LogP contribution is -2.15. The molecule has 0 spiro atoms. The topological polar surface area (TPSA) is 51.1 Å². The first-order valence-corrected chi connectivity index (χ1v) is 6.51. The van der Waals surface area contributed by atoms with E-state index in [0.717, 1.165) is 17.3 Å². The first kappa shape index (κ1) is 13.1. The highest BCUT2D eigenvalue weighted by Crippen LogP contribution is 2.36. The molecule has 0 saturated heterocycles. The van der Waals surface area contributed by atoms with Crippen LogP contribution in [0.4, 0.5) is 17.5 Å². The summed E-state index contributed by atoms with van der Waals surface area (Å²) in [5, 5.41) is 0. The zero-order valence-electron chi connectivity index (χ0n) is 11.5. The van der Waals surface area contributed by atoms with Crippen LogP contribution < -0.4 is 9.64 Å². The molecule has 1 aromatic carbocycles. The Morgan fingerprint density at radius 2 is 1.52 bits per heavy atom. The number of benzene rings is 1. The zero-order valence-corrected chi connectivity index (χ0v) is 11.5. The van der Waals surface area contributed by atoms with Crippen LogP contribution in [-0.2, 0) is 0 Å². The Labute approximate surface area is 122 Å². The Balaban J connectivity index is 2.17. The molecule has 0 saturated carbocycles. The summed E-state index contributed by atoms with van der Waals surface area (Å²) >= 11 is 0. The van der Waals surface area contributed by atoms with Gasteiger partial charge in [-0.1, -0.05) is 18.2 Å². The van der Waals surface area contributed by atoms with Gasteiger partial charge in [0.1, 0.15) is 11.6 Å². The molecule has 21 heavy (non-hydrogen) atoms. The third-order valence-electron chi connectivity index (χ3n) is 2.96. The molecule has 0 amide bonds. The molecule has 2 heterocycles. The average molecular weight is 278 g/mol. The van der Waals surface area contributed by atoms with Crippen LogP contribution in [0.5, 0.6) is 5.75 Å². The summed E-state index contributed by atoms with van der Waals surface area (Å²) in [6.07, 6.45) is 5.14. The number of para-hydroxylation sites is 2. The summed E-state index contributed by atoms with van der Waals surface area (Å²) in [5.41, 5.74) is 0.838. The lowest BCUT2D eigenvalue weighted by atomic mass is 10.2. The summed E-state index contributed by atoms with van der Waals surface area (Å²) in [5.74, 6) is 2.00. The lowest BCUT2D eigenvalue weighted by molar-refractivity contribution is 0.416. The molecule has 0 aliphatic heterocycles. The van der Waals surface area contributed by atoms with Gasteiger partial charge in [-0.3, -0.25) is 4.90 Å². The van der Waals surface area contributed by atoms with Crippen molar-refractivity contribution in [2.75, 3.05) is 12.0 Å². The van der Waals surface area contributed by atoms with Crippen LogP contribution in [0, 0.1) is 0 Å². The average Bonchev–Trinajstić information content (AvgIpc) is 2.58. The molecule has 5 nitrogen and oxygen atoms in total. The number of hydrogen-bond acceptors (Lipinski definition) is 5. The van der Waals surface area contributed by atoms with Gasteiger partial charge in [0.15, 0.2) is 0 Å². The second-order valence-electron chi connectivity index (χ2n) is 4.24. The third-order valence-corrected chi connectivity index (χ3v) is 2.96. The van der Waals surface area contributed by atoms with E-state index in [0.29, 0.717) is 5.95 Å². The van der Waals surface area contributed by atoms with Crippen LogP contribution >= 0.6 is 0 Å². The predicted octanol–water partition coefficient (Wildman–Crippen LogP) is 3.35. The van der Waals surface area contributed by atoms with Gasteiger partial charge in [0.05, 0.1) is 12.8 Å². The molecular formula is C16H14N4O. The minimum atomic E-state index is 0.542. The first-order valence-electron chi connectivity index (χ1n) is 6.51. The SMILES string of the molecule is COc1ccccc1N(c1ccccn1)c1ncccn1. The summed E-state index contributed by atoms with van der Waals surface area (Å²) in [7, 11) is 1.64. The predicted molar refractivity (Wildman–Crippen MR) is 81.1 cm³/mol. The molecule has 3 aromatic rings. The van der Waals surface area contributed by atoms with Crippen LogP contribution in [0.3, 0.4) is 0 Å². The minimum Gasteiger partial charge on any atom is -0.495 e. The van der Waals surface area contributed by atoms with Gasteiger partial charge in [0, 0.05) is 18.6 Å². The minimum absolute atomic E-state index is 0.542. The van der Waals surface area contributed by atoms with E-state index in [4.69, 9.17) is 4.74 Å². The highest BCUT2D eigenvalue weighted by molar-refractivity contribution is 5.74. The smallest absolute Gasteiger partial charge is 0.235 e. The molecule has 0 unspecified atom stereocenters. The fourth-order valence-corrected chi connectivity index (χ4v) is 2.04. The molecular weight excluding hydrogens is 264 g/mol. The van der Waals surface area contributed by atoms with Crippen LogP contribution in [0.15, 0.2) is 67.1 Å². The molecule has 0 radical (unpaired) electrons. The van der Waals surface area contributed by atoms with E-state index >= 15 is 0 Å². The van der Waals surface area contributed by atoms with Crippen molar-refractivity contribution in [2.45, 2.75) is 0 Å². The highest BCUT2D eigenvalue weighted by atomic mass is 16.5. The first-order chi connectivity index (χ1) is 10.4. The lowest BCUT2D eigenvalue weighted by Gasteiger charge is -2.23. The summed E-state index contributed by atoms with van der Waals surface area (Å²) in [6.45, 7) is 0. The Hall–Kier alpha value is -2.95. The molecule has 0 aliphatic rings. The normalized spacial score (nSPS) is 10.1. The molecule has 0 atom stereocenters. The van der Waals surface area contributed by atoms with Gasteiger partial charge in [-0.15, -0.1) is 0 Å². The molecule has 0 aliphatic carbocycles. The molecule has 0 fully saturated rings. The molecule has 104 valence electrons. The Bertz CT molecular complexity index is 664. The van der Waals surface area contributed by atoms with Gasteiger partial charge < -0.3 is 4.74 Å². The van der Waals surface area contributed by atoms with Crippen molar-refractivity contribution < 1.29 is 4.74 Å². The largest absolute Gasteiger partial charge is 0.495 e. The Morgan fingerprint density at radius 3 is 2.24 bits per heavy atom. The van der Waals surface area contributed by atoms with Crippen LogP contribution in [0.25, 0.3) is 0 Å². The quantitative estimate of drug-likeness (QED) is 0.732. The van der Waals surface area contributed by atoms with Crippen LogP contribution in [0.1, 0.15) is 0 Å². The van der Waals surface area contributed by atoms with Crippen molar-refractivity contribution in [1.82, 2.24) is 15.0 Å². The Kier molecular flexibility index (Phi) is 3.73. The molecule has 0 N–H and O–H groups in total. The zero-order chi connectivity index (χ0) is 14.5. The number of nitrogens with zero attached hydrogens (tertiary/aromatic N) is 4. The van der Waals surface area contributed by atoms with E-state index in [2.05, 4.69) is 15.0 Å². The maximum atomic E-state index is 5.44.